The molecule has 2 heterocycles. The molecule has 0 atom stereocenters. The number of aromatic amines is 1. The number of rotatable bonds is 5. The highest BCUT2D eigenvalue weighted by Crippen LogP contribution is 2.38. The number of thiophene rings is 1. The fourth-order valence-electron chi connectivity index (χ4n) is 2.77. The third-order valence-corrected chi connectivity index (χ3v) is 5.56. The van der Waals surface area contributed by atoms with Gasteiger partial charge >= 0.3 is 0 Å². The van der Waals surface area contributed by atoms with Gasteiger partial charge in [-0.05, 0) is 77.3 Å². The predicted molar refractivity (Wildman–Crippen MR) is 96.0 cm³/mol. The molecule has 0 aliphatic carbocycles. The number of halogens is 1. The minimum Gasteiger partial charge on any atom is -0.353 e. The van der Waals surface area contributed by atoms with Crippen molar-refractivity contribution in [1.29, 1.82) is 0 Å². The lowest BCUT2D eigenvalue weighted by molar-refractivity contribution is 0.748. The number of fused-ring (bicyclic) bond motifs is 1. The molecule has 3 N–H and O–H groups in total. The molecular weight excluding hydrogens is 344 g/mol. The minimum absolute atomic E-state index is 0.763. The Balaban J connectivity index is 2.15. The Morgan fingerprint density at radius 1 is 1.24 bits per heavy atom. The van der Waals surface area contributed by atoms with Crippen molar-refractivity contribution < 1.29 is 0 Å². The Hall–Kier alpha value is -1.10. The Labute approximate surface area is 137 Å². The van der Waals surface area contributed by atoms with Gasteiger partial charge in [-0.3, -0.25) is 0 Å². The summed E-state index contributed by atoms with van der Waals surface area (Å²) >= 11 is 5.47. The molecule has 3 rings (SSSR count). The van der Waals surface area contributed by atoms with Gasteiger partial charge in [0.2, 0.25) is 0 Å². The molecule has 0 spiro atoms. The summed E-state index contributed by atoms with van der Waals surface area (Å²) in [6, 6.07) is 8.59. The molecule has 2 aromatic heterocycles. The van der Waals surface area contributed by atoms with Crippen molar-refractivity contribution in [1.82, 2.24) is 4.98 Å². The van der Waals surface area contributed by atoms with Crippen LogP contribution in [0.5, 0.6) is 0 Å². The van der Waals surface area contributed by atoms with Crippen LogP contribution in [0.1, 0.15) is 24.0 Å². The molecule has 0 amide bonds. The number of H-pyrrole nitrogens is 1. The first kappa shape index (κ1) is 14.8. The van der Waals surface area contributed by atoms with Gasteiger partial charge in [0, 0.05) is 9.86 Å². The van der Waals surface area contributed by atoms with Crippen molar-refractivity contribution in [3.63, 3.8) is 0 Å². The number of para-hydroxylation sites is 1. The Kier molecular flexibility index (Phi) is 4.48. The molecular formula is C17H19BrN2S. The van der Waals surface area contributed by atoms with Gasteiger partial charge in [-0.15, -0.1) is 11.3 Å². The molecule has 0 bridgehead atoms. The second-order valence-electron chi connectivity index (χ2n) is 5.32. The maximum Gasteiger partial charge on any atom is 0.0606 e. The van der Waals surface area contributed by atoms with E-state index in [4.69, 9.17) is 5.73 Å². The van der Waals surface area contributed by atoms with Gasteiger partial charge in [0.25, 0.3) is 0 Å². The van der Waals surface area contributed by atoms with Gasteiger partial charge < -0.3 is 10.7 Å². The summed E-state index contributed by atoms with van der Waals surface area (Å²) < 4.78 is 1.13. The summed E-state index contributed by atoms with van der Waals surface area (Å²) in [5, 5.41) is 3.48. The summed E-state index contributed by atoms with van der Waals surface area (Å²) in [6.07, 6.45) is 3.28. The van der Waals surface area contributed by atoms with E-state index >= 15 is 0 Å². The fourth-order valence-corrected chi connectivity index (χ4v) is 4.19. The standard InChI is InChI=1S/C17H19BrN2S/c1-11-8-10-21-17(11)16-13(5-2-3-9-19)12-6-4-7-14(18)15(12)20-16/h4,6-8,10,20H,2-3,5,9,19H2,1H3. The van der Waals surface area contributed by atoms with Gasteiger partial charge in [-0.2, -0.15) is 0 Å². The number of aromatic nitrogens is 1. The van der Waals surface area contributed by atoms with Crippen LogP contribution in [0.4, 0.5) is 0 Å². The molecule has 3 aromatic rings. The molecule has 0 radical (unpaired) electrons. The summed E-state index contributed by atoms with van der Waals surface area (Å²) in [6.45, 7) is 2.94. The van der Waals surface area contributed by atoms with E-state index in [9.17, 15) is 0 Å². The quantitative estimate of drug-likeness (QED) is 0.598. The summed E-state index contributed by atoms with van der Waals surface area (Å²) in [5.41, 5.74) is 10.9. The Morgan fingerprint density at radius 3 is 2.81 bits per heavy atom. The molecule has 0 fully saturated rings. The van der Waals surface area contributed by atoms with E-state index in [1.54, 1.807) is 11.3 Å². The normalized spacial score (nSPS) is 11.4. The molecule has 110 valence electrons. The second kappa shape index (κ2) is 6.34. The molecule has 1 aromatic carbocycles. The smallest absolute Gasteiger partial charge is 0.0606 e. The maximum absolute atomic E-state index is 5.65. The van der Waals surface area contributed by atoms with Crippen LogP contribution in [0.15, 0.2) is 34.1 Å². The largest absolute Gasteiger partial charge is 0.353 e. The van der Waals surface area contributed by atoms with Crippen molar-refractivity contribution in [2.24, 2.45) is 5.73 Å². The summed E-state index contributed by atoms with van der Waals surface area (Å²) in [7, 11) is 0. The first-order valence-corrected chi connectivity index (χ1v) is 8.93. The maximum atomic E-state index is 5.65. The van der Waals surface area contributed by atoms with Gasteiger partial charge in [0.15, 0.2) is 0 Å². The molecule has 0 aliphatic rings. The summed E-state index contributed by atoms with van der Waals surface area (Å²) in [4.78, 5) is 4.98. The third kappa shape index (κ3) is 2.80. The number of hydrogen-bond acceptors (Lipinski definition) is 2. The first-order valence-electron chi connectivity index (χ1n) is 7.26. The fraction of sp³-hybridized carbons (Fsp3) is 0.294. The highest BCUT2D eigenvalue weighted by molar-refractivity contribution is 9.10. The molecule has 0 aliphatic heterocycles. The predicted octanol–water partition coefficient (Wildman–Crippen LogP) is 5.25. The average Bonchev–Trinajstić information content (AvgIpc) is 3.04. The van der Waals surface area contributed by atoms with Gasteiger partial charge in [0.1, 0.15) is 0 Å². The van der Waals surface area contributed by atoms with Crippen molar-refractivity contribution in [3.8, 4) is 10.6 Å². The number of nitrogens with one attached hydrogen (secondary N) is 1. The number of unbranched alkanes of at least 4 members (excludes halogenated alkanes) is 1. The van der Waals surface area contributed by atoms with Crippen LogP contribution >= 0.6 is 27.3 Å². The van der Waals surface area contributed by atoms with Crippen molar-refractivity contribution >= 4 is 38.2 Å². The highest BCUT2D eigenvalue weighted by atomic mass is 79.9. The minimum atomic E-state index is 0.763. The van der Waals surface area contributed by atoms with E-state index < -0.39 is 0 Å². The van der Waals surface area contributed by atoms with E-state index in [1.165, 1.54) is 32.6 Å². The molecule has 21 heavy (non-hydrogen) atoms. The van der Waals surface area contributed by atoms with E-state index in [2.05, 4.69) is 57.5 Å². The van der Waals surface area contributed by atoms with Crippen LogP contribution in [0.3, 0.4) is 0 Å². The number of nitrogens with two attached hydrogens (primary N) is 1. The lowest BCUT2D eigenvalue weighted by Gasteiger charge is -2.04. The van der Waals surface area contributed by atoms with Crippen molar-refractivity contribution in [2.45, 2.75) is 26.2 Å². The van der Waals surface area contributed by atoms with Crippen molar-refractivity contribution in [2.75, 3.05) is 6.54 Å². The first-order chi connectivity index (χ1) is 10.2. The monoisotopic (exact) mass is 362 g/mol. The summed E-state index contributed by atoms with van der Waals surface area (Å²) in [5.74, 6) is 0. The van der Waals surface area contributed by atoms with Crippen LogP contribution < -0.4 is 5.73 Å². The lowest BCUT2D eigenvalue weighted by Crippen LogP contribution is -1.99. The molecule has 4 heteroatoms. The second-order valence-corrected chi connectivity index (χ2v) is 7.09. The van der Waals surface area contributed by atoms with E-state index in [1.807, 2.05) is 0 Å². The van der Waals surface area contributed by atoms with Gasteiger partial charge in [-0.25, -0.2) is 0 Å². The van der Waals surface area contributed by atoms with Crippen LogP contribution in [0.25, 0.3) is 21.5 Å². The van der Waals surface area contributed by atoms with E-state index in [-0.39, 0.29) is 0 Å². The topological polar surface area (TPSA) is 41.8 Å². The average molecular weight is 363 g/mol. The Morgan fingerprint density at radius 2 is 2.10 bits per heavy atom. The lowest BCUT2D eigenvalue weighted by atomic mass is 10.0. The third-order valence-electron chi connectivity index (χ3n) is 3.86. The molecule has 0 saturated carbocycles. The molecule has 0 saturated heterocycles. The van der Waals surface area contributed by atoms with Crippen LogP contribution in [-0.2, 0) is 6.42 Å². The zero-order valence-electron chi connectivity index (χ0n) is 12.1. The SMILES string of the molecule is Cc1ccsc1-c1[nH]c2c(Br)cccc2c1CCCCN. The van der Waals surface area contributed by atoms with Crippen LogP contribution in [0, 0.1) is 6.92 Å². The number of hydrogen-bond donors (Lipinski definition) is 2. The van der Waals surface area contributed by atoms with Gasteiger partial charge in [-0.1, -0.05) is 12.1 Å². The zero-order chi connectivity index (χ0) is 14.8. The van der Waals surface area contributed by atoms with E-state index in [0.717, 1.165) is 30.3 Å². The molecule has 0 unspecified atom stereocenters. The number of aryl methyl sites for hydroxylation is 2. The molecule has 2 nitrogen and oxygen atoms in total. The van der Waals surface area contributed by atoms with Crippen LogP contribution in [0.2, 0.25) is 0 Å². The van der Waals surface area contributed by atoms with Crippen molar-refractivity contribution in [3.05, 3.63) is 45.2 Å². The number of benzene rings is 1. The van der Waals surface area contributed by atoms with Crippen LogP contribution in [-0.4, -0.2) is 11.5 Å². The highest BCUT2D eigenvalue weighted by Gasteiger charge is 2.16. The Bertz CT molecular complexity index is 757. The zero-order valence-corrected chi connectivity index (χ0v) is 14.5. The van der Waals surface area contributed by atoms with E-state index in [0.29, 0.717) is 0 Å². The van der Waals surface area contributed by atoms with Gasteiger partial charge in [0.05, 0.1) is 16.1 Å².